The Labute approximate surface area is 165 Å². The molecule has 1 aliphatic heterocycles. The van der Waals surface area contributed by atoms with Crippen LogP contribution in [0.2, 0.25) is 0 Å². The van der Waals surface area contributed by atoms with Gasteiger partial charge in [-0.15, -0.1) is 0 Å². The molecule has 0 bridgehead atoms. The smallest absolute Gasteiger partial charge is 0.191 e. The first-order valence-electron chi connectivity index (χ1n) is 9.72. The van der Waals surface area contributed by atoms with Gasteiger partial charge in [-0.2, -0.15) is 0 Å². The van der Waals surface area contributed by atoms with Crippen LogP contribution >= 0.6 is 0 Å². The lowest BCUT2D eigenvalue weighted by molar-refractivity contribution is 0.0529. The van der Waals surface area contributed by atoms with E-state index in [1.165, 1.54) is 6.07 Å². The monoisotopic (exact) mass is 385 g/mol. The van der Waals surface area contributed by atoms with E-state index < -0.39 is 0 Å². The van der Waals surface area contributed by atoms with E-state index in [0.29, 0.717) is 24.6 Å². The summed E-state index contributed by atoms with van der Waals surface area (Å²) >= 11 is 0. The van der Waals surface area contributed by atoms with E-state index in [0.717, 1.165) is 37.6 Å². The van der Waals surface area contributed by atoms with Gasteiger partial charge in [-0.25, -0.2) is 14.4 Å². The Bertz CT molecular complexity index is 781. The van der Waals surface area contributed by atoms with Crippen molar-refractivity contribution in [3.63, 3.8) is 0 Å². The van der Waals surface area contributed by atoms with Crippen LogP contribution in [0.15, 0.2) is 47.6 Å². The second kappa shape index (κ2) is 10.0. The number of rotatable bonds is 6. The predicted molar refractivity (Wildman–Crippen MR) is 110 cm³/mol. The Morgan fingerprint density at radius 1 is 1.29 bits per heavy atom. The van der Waals surface area contributed by atoms with E-state index in [-0.39, 0.29) is 11.9 Å². The summed E-state index contributed by atoms with van der Waals surface area (Å²) in [6, 6.07) is 10.8. The highest BCUT2D eigenvalue weighted by molar-refractivity contribution is 5.79. The molecule has 1 atom stereocenters. The summed E-state index contributed by atoms with van der Waals surface area (Å²) in [5.74, 6) is 1.40. The van der Waals surface area contributed by atoms with Crippen LogP contribution < -0.4 is 15.5 Å². The number of morpholine rings is 1. The number of ether oxygens (including phenoxy) is 1. The minimum atomic E-state index is -0.219. The number of aromatic nitrogens is 1. The van der Waals surface area contributed by atoms with E-state index in [9.17, 15) is 4.39 Å². The number of guanidine groups is 1. The summed E-state index contributed by atoms with van der Waals surface area (Å²) in [7, 11) is 0. The molecule has 2 aromatic rings. The Morgan fingerprint density at radius 2 is 2.14 bits per heavy atom. The highest BCUT2D eigenvalue weighted by atomic mass is 19.1. The van der Waals surface area contributed by atoms with Crippen LogP contribution in [0, 0.1) is 5.82 Å². The standard InChI is InChI=1S/C21H28FN5O/c1-3-23-21(26-14-18-6-4-5-7-19(18)22)25-13-17-8-9-20(24-12-17)27-10-11-28-16(2)15-27/h4-9,12,16H,3,10-11,13-15H2,1-2H3,(H2,23,25,26). The van der Waals surface area contributed by atoms with E-state index in [1.807, 2.05) is 31.3 Å². The fourth-order valence-electron chi connectivity index (χ4n) is 3.06. The lowest BCUT2D eigenvalue weighted by Gasteiger charge is -2.32. The van der Waals surface area contributed by atoms with Gasteiger partial charge < -0.3 is 20.3 Å². The van der Waals surface area contributed by atoms with Gasteiger partial charge in [0.25, 0.3) is 0 Å². The minimum Gasteiger partial charge on any atom is -0.375 e. The molecule has 1 aromatic carbocycles. The number of benzene rings is 1. The van der Waals surface area contributed by atoms with Gasteiger partial charge in [-0.05, 0) is 31.5 Å². The number of anilines is 1. The molecule has 150 valence electrons. The van der Waals surface area contributed by atoms with Crippen LogP contribution in [0.3, 0.4) is 0 Å². The summed E-state index contributed by atoms with van der Waals surface area (Å²) in [6.45, 7) is 8.13. The first-order valence-corrected chi connectivity index (χ1v) is 9.72. The van der Waals surface area contributed by atoms with E-state index >= 15 is 0 Å². The molecule has 7 heteroatoms. The fraction of sp³-hybridized carbons (Fsp3) is 0.429. The molecule has 3 rings (SSSR count). The highest BCUT2D eigenvalue weighted by Gasteiger charge is 2.17. The zero-order chi connectivity index (χ0) is 19.8. The van der Waals surface area contributed by atoms with Crippen LogP contribution in [0.4, 0.5) is 10.2 Å². The van der Waals surface area contributed by atoms with Crippen molar-refractivity contribution in [2.75, 3.05) is 31.1 Å². The summed E-state index contributed by atoms with van der Waals surface area (Å²) in [6.07, 6.45) is 2.09. The normalized spacial score (nSPS) is 17.5. The number of hydrogen-bond acceptors (Lipinski definition) is 4. The third-order valence-electron chi connectivity index (χ3n) is 4.54. The van der Waals surface area contributed by atoms with Crippen molar-refractivity contribution in [1.29, 1.82) is 0 Å². The first kappa shape index (κ1) is 20.1. The van der Waals surface area contributed by atoms with E-state index in [2.05, 4.69) is 32.4 Å². The van der Waals surface area contributed by atoms with Crippen molar-refractivity contribution in [2.45, 2.75) is 33.0 Å². The van der Waals surface area contributed by atoms with Crippen molar-refractivity contribution in [2.24, 2.45) is 4.99 Å². The summed E-state index contributed by atoms with van der Waals surface area (Å²) in [5, 5.41) is 6.36. The van der Waals surface area contributed by atoms with Crippen LogP contribution in [-0.2, 0) is 17.8 Å². The van der Waals surface area contributed by atoms with Crippen LogP contribution in [0.25, 0.3) is 0 Å². The minimum absolute atomic E-state index is 0.219. The highest BCUT2D eigenvalue weighted by Crippen LogP contribution is 2.15. The molecule has 0 saturated carbocycles. The summed E-state index contributed by atoms with van der Waals surface area (Å²) in [5.41, 5.74) is 1.63. The van der Waals surface area contributed by atoms with Crippen LogP contribution in [0.5, 0.6) is 0 Å². The van der Waals surface area contributed by atoms with Crippen LogP contribution in [0.1, 0.15) is 25.0 Å². The number of nitrogens with zero attached hydrogens (tertiary/aromatic N) is 3. The van der Waals surface area contributed by atoms with Crippen molar-refractivity contribution >= 4 is 11.8 Å². The molecule has 0 radical (unpaired) electrons. The number of hydrogen-bond donors (Lipinski definition) is 2. The lowest BCUT2D eigenvalue weighted by Crippen LogP contribution is -2.41. The molecule has 1 saturated heterocycles. The van der Waals surface area contributed by atoms with Crippen LogP contribution in [-0.4, -0.2) is 43.3 Å². The molecule has 2 N–H and O–H groups in total. The van der Waals surface area contributed by atoms with Gasteiger partial charge in [0.2, 0.25) is 0 Å². The molecule has 2 heterocycles. The van der Waals surface area contributed by atoms with E-state index in [1.54, 1.807) is 12.1 Å². The fourth-order valence-corrected chi connectivity index (χ4v) is 3.06. The van der Waals surface area contributed by atoms with E-state index in [4.69, 9.17) is 4.74 Å². The maximum Gasteiger partial charge on any atom is 0.191 e. The van der Waals surface area contributed by atoms with Crippen molar-refractivity contribution in [1.82, 2.24) is 15.6 Å². The first-order chi connectivity index (χ1) is 13.7. The van der Waals surface area contributed by atoms with Gasteiger partial charge in [0.05, 0.1) is 19.3 Å². The topological polar surface area (TPSA) is 61.8 Å². The van der Waals surface area contributed by atoms with Gasteiger partial charge in [0.15, 0.2) is 5.96 Å². The molecule has 6 nitrogen and oxygen atoms in total. The van der Waals surface area contributed by atoms with Gasteiger partial charge in [0, 0.05) is 37.9 Å². The van der Waals surface area contributed by atoms with Crippen molar-refractivity contribution in [3.05, 3.63) is 59.5 Å². The number of pyridine rings is 1. The maximum absolute atomic E-state index is 13.8. The van der Waals surface area contributed by atoms with Gasteiger partial charge >= 0.3 is 0 Å². The number of halogens is 1. The van der Waals surface area contributed by atoms with Crippen molar-refractivity contribution in [3.8, 4) is 0 Å². The number of aliphatic imine (C=N–C) groups is 1. The quantitative estimate of drug-likeness (QED) is 0.591. The Kier molecular flexibility index (Phi) is 7.19. The Morgan fingerprint density at radius 3 is 2.86 bits per heavy atom. The molecule has 1 aliphatic rings. The lowest BCUT2D eigenvalue weighted by atomic mass is 10.2. The van der Waals surface area contributed by atoms with Gasteiger partial charge in [0.1, 0.15) is 11.6 Å². The Balaban J connectivity index is 1.58. The molecular weight excluding hydrogens is 357 g/mol. The summed E-state index contributed by atoms with van der Waals surface area (Å²) < 4.78 is 19.4. The maximum atomic E-state index is 13.8. The molecule has 0 aliphatic carbocycles. The molecule has 1 fully saturated rings. The largest absolute Gasteiger partial charge is 0.375 e. The van der Waals surface area contributed by atoms with Gasteiger partial charge in [-0.1, -0.05) is 24.3 Å². The Hall–Kier alpha value is -2.67. The molecule has 1 aromatic heterocycles. The second-order valence-electron chi connectivity index (χ2n) is 6.79. The molecule has 0 amide bonds. The number of nitrogens with one attached hydrogen (secondary N) is 2. The average Bonchev–Trinajstić information content (AvgIpc) is 2.71. The van der Waals surface area contributed by atoms with Gasteiger partial charge in [-0.3, -0.25) is 0 Å². The average molecular weight is 385 g/mol. The molecule has 0 spiro atoms. The molecular formula is C21H28FN5O. The third kappa shape index (κ3) is 5.66. The third-order valence-corrected chi connectivity index (χ3v) is 4.54. The second-order valence-corrected chi connectivity index (χ2v) is 6.79. The zero-order valence-electron chi connectivity index (χ0n) is 16.5. The zero-order valence-corrected chi connectivity index (χ0v) is 16.5. The molecule has 28 heavy (non-hydrogen) atoms. The predicted octanol–water partition coefficient (Wildman–Crippen LogP) is 2.70. The van der Waals surface area contributed by atoms with Crippen molar-refractivity contribution < 1.29 is 9.13 Å². The summed E-state index contributed by atoms with van der Waals surface area (Å²) in [4.78, 5) is 11.4. The molecule has 1 unspecified atom stereocenters. The SMILES string of the molecule is CCNC(=NCc1ccc(N2CCOC(C)C2)nc1)NCc1ccccc1F.